The van der Waals surface area contributed by atoms with Crippen LogP contribution in [-0.2, 0) is 9.59 Å². The zero-order chi connectivity index (χ0) is 23.0. The molecule has 0 saturated carbocycles. The van der Waals surface area contributed by atoms with E-state index >= 15 is 0 Å². The second kappa shape index (κ2) is 8.52. The number of methoxy groups -OCH3 is 1. The van der Waals surface area contributed by atoms with Crippen LogP contribution < -0.4 is 15.0 Å². The quantitative estimate of drug-likeness (QED) is 0.513. The normalized spacial score (nSPS) is 13.7. The van der Waals surface area contributed by atoms with Gasteiger partial charge >= 0.3 is 0 Å². The molecular weight excluding hydrogens is 424 g/mol. The van der Waals surface area contributed by atoms with E-state index in [4.69, 9.17) is 16.3 Å². The van der Waals surface area contributed by atoms with E-state index in [0.717, 1.165) is 16.7 Å². The van der Waals surface area contributed by atoms with E-state index in [0.29, 0.717) is 33.3 Å². The molecule has 4 rings (SSSR count). The Hall–Kier alpha value is -3.57. The lowest BCUT2D eigenvalue weighted by atomic mass is 9.99. The number of imide groups is 1. The molecule has 0 bridgehead atoms. The molecule has 0 spiro atoms. The summed E-state index contributed by atoms with van der Waals surface area (Å²) in [5, 5.41) is 3.72. The zero-order valence-corrected chi connectivity index (χ0v) is 19.1. The Morgan fingerprint density at radius 1 is 0.812 bits per heavy atom. The van der Waals surface area contributed by atoms with Gasteiger partial charge in [-0.15, -0.1) is 0 Å². The first-order valence-corrected chi connectivity index (χ1v) is 10.6. The Kier molecular flexibility index (Phi) is 5.76. The summed E-state index contributed by atoms with van der Waals surface area (Å²) in [6.07, 6.45) is 0. The average Bonchev–Trinajstić information content (AvgIpc) is 3.00. The SMILES string of the molecule is COc1ccc(NC2=C(c3ccc(C)c(C)c3)C(=O)N(c3ccc(Cl)cc3C)C2=O)cc1. The topological polar surface area (TPSA) is 58.6 Å². The van der Waals surface area contributed by atoms with Crippen LogP contribution >= 0.6 is 11.6 Å². The largest absolute Gasteiger partial charge is 0.497 e. The first-order valence-electron chi connectivity index (χ1n) is 10.2. The van der Waals surface area contributed by atoms with Gasteiger partial charge in [-0.05, 0) is 85.5 Å². The van der Waals surface area contributed by atoms with Crippen molar-refractivity contribution < 1.29 is 14.3 Å². The number of halogens is 1. The molecule has 3 aromatic carbocycles. The van der Waals surface area contributed by atoms with Crippen LogP contribution in [0.25, 0.3) is 5.57 Å². The lowest BCUT2D eigenvalue weighted by molar-refractivity contribution is -0.120. The van der Waals surface area contributed by atoms with E-state index in [-0.39, 0.29) is 11.6 Å². The minimum atomic E-state index is -0.413. The predicted octanol–water partition coefficient (Wildman–Crippen LogP) is 5.67. The van der Waals surface area contributed by atoms with E-state index in [2.05, 4.69) is 5.32 Å². The second-order valence-electron chi connectivity index (χ2n) is 7.78. The summed E-state index contributed by atoms with van der Waals surface area (Å²) in [5.41, 5.74) is 5.35. The lowest BCUT2D eigenvalue weighted by Gasteiger charge is -2.18. The van der Waals surface area contributed by atoms with E-state index in [1.54, 1.807) is 49.6 Å². The second-order valence-corrected chi connectivity index (χ2v) is 8.22. The molecule has 32 heavy (non-hydrogen) atoms. The molecule has 1 aliphatic heterocycles. The van der Waals surface area contributed by atoms with Gasteiger partial charge in [0.1, 0.15) is 11.4 Å². The Morgan fingerprint density at radius 2 is 1.53 bits per heavy atom. The third kappa shape index (κ3) is 3.87. The lowest BCUT2D eigenvalue weighted by Crippen LogP contribution is -2.33. The van der Waals surface area contributed by atoms with Gasteiger partial charge in [0, 0.05) is 10.7 Å². The highest BCUT2D eigenvalue weighted by molar-refractivity contribution is 6.46. The number of amides is 2. The predicted molar refractivity (Wildman–Crippen MR) is 128 cm³/mol. The standard InChI is InChI=1S/C26H23ClN2O3/c1-15-5-6-18(13-16(15)2)23-24(28-20-8-10-21(32-4)11-9-20)26(31)29(25(23)30)22-12-7-19(27)14-17(22)3/h5-14,28H,1-4H3. The van der Waals surface area contributed by atoms with Gasteiger partial charge in [-0.3, -0.25) is 9.59 Å². The molecule has 0 radical (unpaired) electrons. The molecule has 0 aromatic heterocycles. The Balaban J connectivity index is 1.83. The number of carbonyl (C=O) groups is 2. The summed E-state index contributed by atoms with van der Waals surface area (Å²) >= 11 is 6.09. The highest BCUT2D eigenvalue weighted by Crippen LogP contribution is 2.36. The molecule has 0 unspecified atom stereocenters. The number of hydrogen-bond acceptors (Lipinski definition) is 4. The number of nitrogens with zero attached hydrogens (tertiary/aromatic N) is 1. The van der Waals surface area contributed by atoms with Crippen LogP contribution in [0.5, 0.6) is 5.75 Å². The Labute approximate surface area is 192 Å². The maximum absolute atomic E-state index is 13.6. The van der Waals surface area contributed by atoms with Gasteiger partial charge in [0.2, 0.25) is 0 Å². The minimum Gasteiger partial charge on any atom is -0.497 e. The van der Waals surface area contributed by atoms with Crippen LogP contribution in [-0.4, -0.2) is 18.9 Å². The monoisotopic (exact) mass is 446 g/mol. The van der Waals surface area contributed by atoms with Crippen molar-refractivity contribution in [2.24, 2.45) is 0 Å². The van der Waals surface area contributed by atoms with Crippen molar-refractivity contribution in [3.8, 4) is 5.75 Å². The molecule has 0 aliphatic carbocycles. The highest BCUT2D eigenvalue weighted by Gasteiger charge is 2.40. The smallest absolute Gasteiger partial charge is 0.282 e. The first kappa shape index (κ1) is 21.7. The number of benzene rings is 3. The van der Waals surface area contributed by atoms with Crippen molar-refractivity contribution in [1.29, 1.82) is 0 Å². The average molecular weight is 447 g/mol. The molecule has 162 valence electrons. The van der Waals surface area contributed by atoms with Crippen LogP contribution in [0.2, 0.25) is 5.02 Å². The van der Waals surface area contributed by atoms with Crippen LogP contribution in [0.3, 0.4) is 0 Å². The molecule has 3 aromatic rings. The highest BCUT2D eigenvalue weighted by atomic mass is 35.5. The van der Waals surface area contributed by atoms with Gasteiger partial charge in [0.25, 0.3) is 11.8 Å². The number of ether oxygens (including phenoxy) is 1. The van der Waals surface area contributed by atoms with Crippen molar-refractivity contribution in [1.82, 2.24) is 0 Å². The van der Waals surface area contributed by atoms with E-state index < -0.39 is 5.91 Å². The third-order valence-electron chi connectivity index (χ3n) is 5.64. The zero-order valence-electron chi connectivity index (χ0n) is 18.3. The van der Waals surface area contributed by atoms with Crippen LogP contribution in [0.15, 0.2) is 66.4 Å². The molecule has 2 amide bonds. The molecule has 0 atom stereocenters. The number of carbonyl (C=O) groups excluding carboxylic acids is 2. The third-order valence-corrected chi connectivity index (χ3v) is 5.87. The number of rotatable bonds is 5. The molecule has 1 heterocycles. The molecule has 6 heteroatoms. The Bertz CT molecular complexity index is 1260. The Morgan fingerprint density at radius 3 is 2.16 bits per heavy atom. The number of hydrogen-bond donors (Lipinski definition) is 1. The fourth-order valence-electron chi connectivity index (χ4n) is 3.72. The van der Waals surface area contributed by atoms with Crippen LogP contribution in [0.4, 0.5) is 11.4 Å². The van der Waals surface area contributed by atoms with E-state index in [9.17, 15) is 9.59 Å². The van der Waals surface area contributed by atoms with Crippen molar-refractivity contribution in [3.05, 3.63) is 93.6 Å². The number of anilines is 2. The number of nitrogens with one attached hydrogen (secondary N) is 1. The maximum atomic E-state index is 13.6. The summed E-state index contributed by atoms with van der Waals surface area (Å²) in [7, 11) is 1.59. The minimum absolute atomic E-state index is 0.234. The summed E-state index contributed by atoms with van der Waals surface area (Å²) < 4.78 is 5.21. The molecule has 1 aliphatic rings. The summed E-state index contributed by atoms with van der Waals surface area (Å²) in [6, 6.07) is 18.1. The molecular formula is C26H23ClN2O3. The fourth-order valence-corrected chi connectivity index (χ4v) is 3.94. The van der Waals surface area contributed by atoms with Crippen LogP contribution in [0.1, 0.15) is 22.3 Å². The van der Waals surface area contributed by atoms with Crippen molar-refractivity contribution in [2.45, 2.75) is 20.8 Å². The van der Waals surface area contributed by atoms with Crippen LogP contribution in [0, 0.1) is 20.8 Å². The maximum Gasteiger partial charge on any atom is 0.282 e. The van der Waals surface area contributed by atoms with Crippen molar-refractivity contribution >= 4 is 40.4 Å². The van der Waals surface area contributed by atoms with E-state index in [1.807, 2.05) is 39.0 Å². The van der Waals surface area contributed by atoms with Gasteiger partial charge < -0.3 is 10.1 Å². The first-order chi connectivity index (χ1) is 15.3. The van der Waals surface area contributed by atoms with Gasteiger partial charge in [0.15, 0.2) is 0 Å². The van der Waals surface area contributed by atoms with E-state index in [1.165, 1.54) is 4.90 Å². The summed E-state index contributed by atoms with van der Waals surface area (Å²) in [4.78, 5) is 28.4. The molecule has 5 nitrogen and oxygen atoms in total. The fraction of sp³-hybridized carbons (Fsp3) is 0.154. The van der Waals surface area contributed by atoms with Crippen molar-refractivity contribution in [2.75, 3.05) is 17.3 Å². The van der Waals surface area contributed by atoms with Gasteiger partial charge in [0.05, 0.1) is 18.4 Å². The van der Waals surface area contributed by atoms with Gasteiger partial charge in [-0.2, -0.15) is 0 Å². The van der Waals surface area contributed by atoms with Crippen molar-refractivity contribution in [3.63, 3.8) is 0 Å². The van der Waals surface area contributed by atoms with Gasteiger partial charge in [-0.1, -0.05) is 29.8 Å². The summed E-state index contributed by atoms with van der Waals surface area (Å²) in [5.74, 6) is -0.0877. The molecule has 0 fully saturated rings. The number of aryl methyl sites for hydroxylation is 3. The molecule has 0 saturated heterocycles. The molecule has 1 N–H and O–H groups in total. The van der Waals surface area contributed by atoms with Gasteiger partial charge in [-0.25, -0.2) is 4.90 Å². The summed E-state index contributed by atoms with van der Waals surface area (Å²) in [6.45, 7) is 5.82.